The van der Waals surface area contributed by atoms with Crippen LogP contribution in [0.2, 0.25) is 0 Å². The highest BCUT2D eigenvalue weighted by Crippen LogP contribution is 2.23. The Morgan fingerprint density at radius 3 is 2.87 bits per heavy atom. The maximum absolute atomic E-state index is 4.25. The zero-order valence-corrected chi connectivity index (χ0v) is 9.58. The van der Waals surface area contributed by atoms with Crippen LogP contribution in [0, 0.1) is 5.92 Å². The monoisotopic (exact) mass is 207 g/mol. The van der Waals surface area contributed by atoms with Crippen molar-refractivity contribution >= 4 is 5.69 Å². The number of rotatable bonds is 4. The van der Waals surface area contributed by atoms with Crippen LogP contribution in [0.25, 0.3) is 0 Å². The van der Waals surface area contributed by atoms with E-state index in [1.165, 1.54) is 37.8 Å². The normalized spacial score (nSPS) is 17.9. The second-order valence-electron chi connectivity index (χ2n) is 4.47. The van der Waals surface area contributed by atoms with E-state index in [0.717, 1.165) is 19.0 Å². The second kappa shape index (κ2) is 5.19. The number of hydrogen-bond donors (Lipinski definition) is 1. The quantitative estimate of drug-likeness (QED) is 0.822. The molecule has 0 aliphatic heterocycles. The van der Waals surface area contributed by atoms with Crippen LogP contribution in [-0.2, 0) is 6.54 Å². The Hall–Kier alpha value is -0.990. The standard InChI is InChI=1S/C12H21N3/c1-2-15-10-12(9-14-15)13-8-11-6-4-3-5-7-11/h9-11,13H,2-8H2,1H3. The third kappa shape index (κ3) is 2.98. The fourth-order valence-electron chi connectivity index (χ4n) is 2.28. The number of aromatic nitrogens is 2. The molecule has 0 amide bonds. The van der Waals surface area contributed by atoms with E-state index >= 15 is 0 Å². The first-order valence-electron chi connectivity index (χ1n) is 6.15. The fourth-order valence-corrected chi connectivity index (χ4v) is 2.28. The lowest BCUT2D eigenvalue weighted by atomic mass is 9.89. The van der Waals surface area contributed by atoms with E-state index in [1.54, 1.807) is 0 Å². The highest BCUT2D eigenvalue weighted by molar-refractivity contribution is 5.37. The SMILES string of the molecule is CCn1cc(NCC2CCCCC2)cn1. The van der Waals surface area contributed by atoms with Crippen molar-refractivity contribution in [3.05, 3.63) is 12.4 Å². The number of aryl methyl sites for hydroxylation is 1. The molecule has 1 aromatic rings. The maximum atomic E-state index is 4.25. The van der Waals surface area contributed by atoms with E-state index < -0.39 is 0 Å². The summed E-state index contributed by atoms with van der Waals surface area (Å²) in [5.74, 6) is 0.878. The summed E-state index contributed by atoms with van der Waals surface area (Å²) in [4.78, 5) is 0. The molecule has 1 aromatic heterocycles. The van der Waals surface area contributed by atoms with Crippen molar-refractivity contribution < 1.29 is 0 Å². The summed E-state index contributed by atoms with van der Waals surface area (Å²) >= 11 is 0. The highest BCUT2D eigenvalue weighted by Gasteiger charge is 2.12. The summed E-state index contributed by atoms with van der Waals surface area (Å²) in [6.07, 6.45) is 11.1. The predicted molar refractivity (Wildman–Crippen MR) is 63.0 cm³/mol. The molecule has 15 heavy (non-hydrogen) atoms. The molecule has 0 bridgehead atoms. The summed E-state index contributed by atoms with van der Waals surface area (Å²) in [5, 5.41) is 7.74. The van der Waals surface area contributed by atoms with Crippen LogP contribution in [-0.4, -0.2) is 16.3 Å². The topological polar surface area (TPSA) is 29.9 Å². The highest BCUT2D eigenvalue weighted by atomic mass is 15.3. The van der Waals surface area contributed by atoms with Crippen molar-refractivity contribution in [3.8, 4) is 0 Å². The average molecular weight is 207 g/mol. The minimum atomic E-state index is 0.878. The molecule has 1 aliphatic carbocycles. The Morgan fingerprint density at radius 2 is 2.20 bits per heavy atom. The van der Waals surface area contributed by atoms with Crippen LogP contribution in [0.1, 0.15) is 39.0 Å². The van der Waals surface area contributed by atoms with E-state index in [9.17, 15) is 0 Å². The molecule has 0 atom stereocenters. The van der Waals surface area contributed by atoms with Crippen LogP contribution < -0.4 is 5.32 Å². The van der Waals surface area contributed by atoms with Gasteiger partial charge in [0.2, 0.25) is 0 Å². The molecule has 0 unspecified atom stereocenters. The van der Waals surface area contributed by atoms with Gasteiger partial charge in [0.1, 0.15) is 0 Å². The second-order valence-corrected chi connectivity index (χ2v) is 4.47. The van der Waals surface area contributed by atoms with Crippen molar-refractivity contribution in [1.29, 1.82) is 0 Å². The third-order valence-corrected chi connectivity index (χ3v) is 3.28. The zero-order valence-electron chi connectivity index (χ0n) is 9.58. The first kappa shape index (κ1) is 10.5. The van der Waals surface area contributed by atoms with E-state index in [-0.39, 0.29) is 0 Å². The van der Waals surface area contributed by atoms with Gasteiger partial charge in [-0.2, -0.15) is 5.10 Å². The Bertz CT molecular complexity index is 287. The van der Waals surface area contributed by atoms with Gasteiger partial charge in [-0.1, -0.05) is 19.3 Å². The molecule has 84 valence electrons. The zero-order chi connectivity index (χ0) is 10.5. The maximum Gasteiger partial charge on any atom is 0.0726 e. The van der Waals surface area contributed by atoms with E-state index in [1.807, 2.05) is 10.9 Å². The first-order valence-corrected chi connectivity index (χ1v) is 6.15. The Labute approximate surface area is 91.9 Å². The molecule has 1 heterocycles. The number of anilines is 1. The number of nitrogens with zero attached hydrogens (tertiary/aromatic N) is 2. The molecule has 0 spiro atoms. The average Bonchev–Trinajstić information content (AvgIpc) is 2.76. The summed E-state index contributed by atoms with van der Waals surface area (Å²) in [7, 11) is 0. The summed E-state index contributed by atoms with van der Waals surface area (Å²) < 4.78 is 1.96. The van der Waals surface area contributed by atoms with Gasteiger partial charge in [0.05, 0.1) is 11.9 Å². The van der Waals surface area contributed by atoms with Crippen LogP contribution >= 0.6 is 0 Å². The predicted octanol–water partition coefficient (Wildman–Crippen LogP) is 2.90. The minimum absolute atomic E-state index is 0.878. The van der Waals surface area contributed by atoms with Crippen LogP contribution in [0.15, 0.2) is 12.4 Å². The lowest BCUT2D eigenvalue weighted by molar-refractivity contribution is 0.373. The lowest BCUT2D eigenvalue weighted by Crippen LogP contribution is -2.16. The molecule has 0 aromatic carbocycles. The Balaban J connectivity index is 1.76. The molecular formula is C12H21N3. The van der Waals surface area contributed by atoms with Crippen LogP contribution in [0.3, 0.4) is 0 Å². The van der Waals surface area contributed by atoms with Gasteiger partial charge in [-0.25, -0.2) is 0 Å². The van der Waals surface area contributed by atoms with E-state index in [0.29, 0.717) is 0 Å². The molecule has 1 fully saturated rings. The summed E-state index contributed by atoms with van der Waals surface area (Å²) in [6.45, 7) is 4.18. The third-order valence-electron chi connectivity index (χ3n) is 3.28. The van der Waals surface area contributed by atoms with Gasteiger partial charge in [0.15, 0.2) is 0 Å². The van der Waals surface area contributed by atoms with Crippen LogP contribution in [0.4, 0.5) is 5.69 Å². The molecule has 3 nitrogen and oxygen atoms in total. The molecule has 1 saturated carbocycles. The van der Waals surface area contributed by atoms with Gasteiger partial charge < -0.3 is 5.32 Å². The Morgan fingerprint density at radius 1 is 1.40 bits per heavy atom. The molecule has 2 rings (SSSR count). The van der Waals surface area contributed by atoms with Gasteiger partial charge in [-0.15, -0.1) is 0 Å². The lowest BCUT2D eigenvalue weighted by Gasteiger charge is -2.21. The Kier molecular flexibility index (Phi) is 3.64. The first-order chi connectivity index (χ1) is 7.38. The molecule has 0 saturated heterocycles. The van der Waals surface area contributed by atoms with Gasteiger partial charge >= 0.3 is 0 Å². The molecule has 1 N–H and O–H groups in total. The van der Waals surface area contributed by atoms with Crippen molar-refractivity contribution in [2.45, 2.75) is 45.6 Å². The van der Waals surface area contributed by atoms with Crippen molar-refractivity contribution in [3.63, 3.8) is 0 Å². The largest absolute Gasteiger partial charge is 0.382 e. The summed E-state index contributed by atoms with van der Waals surface area (Å²) in [5.41, 5.74) is 1.17. The van der Waals surface area contributed by atoms with E-state index in [4.69, 9.17) is 0 Å². The summed E-state index contributed by atoms with van der Waals surface area (Å²) in [6, 6.07) is 0. The van der Waals surface area contributed by atoms with Crippen molar-refractivity contribution in [1.82, 2.24) is 9.78 Å². The van der Waals surface area contributed by atoms with Crippen molar-refractivity contribution in [2.75, 3.05) is 11.9 Å². The van der Waals surface area contributed by atoms with E-state index in [2.05, 4.69) is 23.5 Å². The smallest absolute Gasteiger partial charge is 0.0726 e. The fraction of sp³-hybridized carbons (Fsp3) is 0.750. The number of hydrogen-bond acceptors (Lipinski definition) is 2. The van der Waals surface area contributed by atoms with Crippen LogP contribution in [0.5, 0.6) is 0 Å². The van der Waals surface area contributed by atoms with Gasteiger partial charge in [-0.3, -0.25) is 4.68 Å². The van der Waals surface area contributed by atoms with Gasteiger partial charge in [0.25, 0.3) is 0 Å². The van der Waals surface area contributed by atoms with Gasteiger partial charge in [0, 0.05) is 19.3 Å². The van der Waals surface area contributed by atoms with Crippen molar-refractivity contribution in [2.24, 2.45) is 5.92 Å². The molecule has 3 heteroatoms. The molecular weight excluding hydrogens is 186 g/mol. The molecule has 0 radical (unpaired) electrons. The number of nitrogens with one attached hydrogen (secondary N) is 1. The molecule has 1 aliphatic rings. The minimum Gasteiger partial charge on any atom is -0.382 e. The van der Waals surface area contributed by atoms with Gasteiger partial charge in [-0.05, 0) is 25.7 Å².